The van der Waals surface area contributed by atoms with Crippen LogP contribution >= 0.6 is 0 Å². The van der Waals surface area contributed by atoms with Gasteiger partial charge in [-0.25, -0.2) is 4.68 Å². The first kappa shape index (κ1) is 17.9. The third-order valence-electron chi connectivity index (χ3n) is 5.78. The molecule has 0 bridgehead atoms. The number of nitrogens with zero attached hydrogens (tertiary/aromatic N) is 3. The predicted octanol–water partition coefficient (Wildman–Crippen LogP) is 4.57. The lowest BCUT2D eigenvalue weighted by Crippen LogP contribution is -2.29. The molecule has 1 saturated heterocycles. The third-order valence-corrected chi connectivity index (χ3v) is 5.78. The van der Waals surface area contributed by atoms with Gasteiger partial charge >= 0.3 is 0 Å². The summed E-state index contributed by atoms with van der Waals surface area (Å²) in [6.45, 7) is 4.89. The van der Waals surface area contributed by atoms with Gasteiger partial charge in [0.15, 0.2) is 0 Å². The van der Waals surface area contributed by atoms with Gasteiger partial charge in [-0.15, -0.1) is 5.10 Å². The lowest BCUT2D eigenvalue weighted by molar-refractivity contribution is 0.234. The standard InChI is InChI=1S/C24H23N3O2/c1-16-11-12-17(2)20(13-16)24(15-29-24)23(18-7-6-8-19(14-18)28-3)27-22-10-5-4-9-21(22)25-26-27/h4-14,23H,15H2,1-3H3/t23-,24-/m1/s1. The average Bonchev–Trinajstić information content (AvgIpc) is 3.43. The van der Waals surface area contributed by atoms with Gasteiger partial charge in [0.25, 0.3) is 0 Å². The largest absolute Gasteiger partial charge is 0.497 e. The molecule has 5 rings (SSSR count). The summed E-state index contributed by atoms with van der Waals surface area (Å²) in [7, 11) is 1.69. The van der Waals surface area contributed by atoms with Crippen molar-refractivity contribution in [1.82, 2.24) is 15.0 Å². The lowest BCUT2D eigenvalue weighted by Gasteiger charge is -2.27. The van der Waals surface area contributed by atoms with E-state index in [1.807, 2.05) is 35.0 Å². The van der Waals surface area contributed by atoms with E-state index in [2.05, 4.69) is 60.6 Å². The first-order valence-corrected chi connectivity index (χ1v) is 9.78. The van der Waals surface area contributed by atoms with Crippen molar-refractivity contribution in [3.63, 3.8) is 0 Å². The van der Waals surface area contributed by atoms with E-state index >= 15 is 0 Å². The number of para-hydroxylation sites is 1. The molecule has 2 atom stereocenters. The highest BCUT2D eigenvalue weighted by Gasteiger charge is 2.56. The Hall–Kier alpha value is -3.18. The molecule has 1 aliphatic heterocycles. The van der Waals surface area contributed by atoms with Crippen molar-refractivity contribution < 1.29 is 9.47 Å². The Labute approximate surface area is 169 Å². The lowest BCUT2D eigenvalue weighted by atomic mass is 9.84. The van der Waals surface area contributed by atoms with Crippen LogP contribution in [-0.4, -0.2) is 28.7 Å². The van der Waals surface area contributed by atoms with Gasteiger partial charge in [0.1, 0.15) is 22.9 Å². The van der Waals surface area contributed by atoms with E-state index in [-0.39, 0.29) is 6.04 Å². The molecule has 4 aromatic rings. The van der Waals surface area contributed by atoms with E-state index < -0.39 is 5.60 Å². The smallest absolute Gasteiger partial charge is 0.143 e. The van der Waals surface area contributed by atoms with Crippen LogP contribution in [0.5, 0.6) is 5.75 Å². The van der Waals surface area contributed by atoms with Gasteiger partial charge in [-0.3, -0.25) is 0 Å². The van der Waals surface area contributed by atoms with Gasteiger partial charge in [-0.1, -0.05) is 53.2 Å². The minimum Gasteiger partial charge on any atom is -0.497 e. The zero-order chi connectivity index (χ0) is 20.0. The number of fused-ring (bicyclic) bond motifs is 1. The van der Waals surface area contributed by atoms with Gasteiger partial charge in [-0.2, -0.15) is 0 Å². The highest BCUT2D eigenvalue weighted by Crippen LogP contribution is 2.52. The Morgan fingerprint density at radius 2 is 1.86 bits per heavy atom. The molecule has 146 valence electrons. The summed E-state index contributed by atoms with van der Waals surface area (Å²) in [6, 6.07) is 22.6. The summed E-state index contributed by atoms with van der Waals surface area (Å²) in [6.07, 6.45) is 0. The van der Waals surface area contributed by atoms with Crippen molar-refractivity contribution in [2.75, 3.05) is 13.7 Å². The molecular formula is C24H23N3O2. The molecule has 29 heavy (non-hydrogen) atoms. The van der Waals surface area contributed by atoms with E-state index in [1.54, 1.807) is 7.11 Å². The Balaban J connectivity index is 1.76. The maximum absolute atomic E-state index is 6.25. The second kappa shape index (κ2) is 6.71. The maximum atomic E-state index is 6.25. The molecule has 0 unspecified atom stereocenters. The molecule has 0 N–H and O–H groups in total. The van der Waals surface area contributed by atoms with Crippen LogP contribution in [0.1, 0.15) is 28.3 Å². The molecule has 0 aliphatic carbocycles. The third kappa shape index (κ3) is 2.89. The van der Waals surface area contributed by atoms with E-state index in [0.717, 1.165) is 22.3 Å². The molecule has 2 heterocycles. The molecule has 5 nitrogen and oxygen atoms in total. The highest BCUT2D eigenvalue weighted by molar-refractivity contribution is 5.74. The van der Waals surface area contributed by atoms with E-state index in [4.69, 9.17) is 9.47 Å². The van der Waals surface area contributed by atoms with Crippen molar-refractivity contribution in [2.24, 2.45) is 0 Å². The zero-order valence-corrected chi connectivity index (χ0v) is 16.8. The van der Waals surface area contributed by atoms with Gasteiger partial charge in [-0.05, 0) is 54.8 Å². The summed E-state index contributed by atoms with van der Waals surface area (Å²) >= 11 is 0. The van der Waals surface area contributed by atoms with Gasteiger partial charge < -0.3 is 9.47 Å². The summed E-state index contributed by atoms with van der Waals surface area (Å²) < 4.78 is 13.8. The van der Waals surface area contributed by atoms with Crippen molar-refractivity contribution in [2.45, 2.75) is 25.5 Å². The van der Waals surface area contributed by atoms with Crippen LogP contribution in [-0.2, 0) is 10.3 Å². The molecule has 1 fully saturated rings. The van der Waals surface area contributed by atoms with Crippen LogP contribution < -0.4 is 4.74 Å². The fourth-order valence-corrected chi connectivity index (χ4v) is 4.23. The van der Waals surface area contributed by atoms with Crippen LogP contribution in [0.3, 0.4) is 0 Å². The number of hydrogen-bond donors (Lipinski definition) is 0. The van der Waals surface area contributed by atoms with Gasteiger partial charge in [0.05, 0.1) is 19.2 Å². The first-order valence-electron chi connectivity index (χ1n) is 9.78. The maximum Gasteiger partial charge on any atom is 0.143 e. The van der Waals surface area contributed by atoms with Crippen molar-refractivity contribution in [3.8, 4) is 5.75 Å². The molecular weight excluding hydrogens is 362 g/mol. The summed E-state index contributed by atoms with van der Waals surface area (Å²) in [4.78, 5) is 0. The molecule has 0 spiro atoms. The van der Waals surface area contributed by atoms with Gasteiger partial charge in [0, 0.05) is 0 Å². The normalized spacial score (nSPS) is 19.3. The molecule has 0 saturated carbocycles. The van der Waals surface area contributed by atoms with Crippen molar-refractivity contribution in [3.05, 3.63) is 89.0 Å². The topological polar surface area (TPSA) is 52.5 Å². The predicted molar refractivity (Wildman–Crippen MR) is 112 cm³/mol. The Kier molecular flexibility index (Phi) is 4.14. The zero-order valence-electron chi connectivity index (χ0n) is 16.8. The summed E-state index contributed by atoms with van der Waals surface area (Å²) in [5.74, 6) is 0.814. The molecule has 1 aromatic heterocycles. The number of methoxy groups -OCH3 is 1. The molecule has 1 aliphatic rings. The number of hydrogen-bond acceptors (Lipinski definition) is 4. The minimum atomic E-state index is -0.487. The van der Waals surface area contributed by atoms with E-state index in [0.29, 0.717) is 6.61 Å². The van der Waals surface area contributed by atoms with Crippen LogP contribution in [0.15, 0.2) is 66.7 Å². The first-order chi connectivity index (χ1) is 14.1. The van der Waals surface area contributed by atoms with E-state index in [1.165, 1.54) is 16.7 Å². The number of ether oxygens (including phenoxy) is 2. The van der Waals surface area contributed by atoms with Crippen molar-refractivity contribution in [1.29, 1.82) is 0 Å². The molecule has 0 amide bonds. The second-order valence-electron chi connectivity index (χ2n) is 7.70. The Morgan fingerprint density at radius 3 is 2.66 bits per heavy atom. The molecule has 3 aromatic carbocycles. The van der Waals surface area contributed by atoms with Crippen LogP contribution in [0, 0.1) is 13.8 Å². The molecule has 0 radical (unpaired) electrons. The Bertz CT molecular complexity index is 1190. The van der Waals surface area contributed by atoms with Gasteiger partial charge in [0.2, 0.25) is 0 Å². The quantitative estimate of drug-likeness (QED) is 0.472. The average molecular weight is 385 g/mol. The van der Waals surface area contributed by atoms with E-state index in [9.17, 15) is 0 Å². The van der Waals surface area contributed by atoms with Crippen LogP contribution in [0.25, 0.3) is 11.0 Å². The number of epoxide rings is 1. The number of benzene rings is 3. The number of rotatable bonds is 5. The second-order valence-corrected chi connectivity index (χ2v) is 7.70. The monoisotopic (exact) mass is 385 g/mol. The number of aryl methyl sites for hydroxylation is 2. The van der Waals surface area contributed by atoms with Crippen LogP contribution in [0.2, 0.25) is 0 Å². The minimum absolute atomic E-state index is 0.162. The fourth-order valence-electron chi connectivity index (χ4n) is 4.23. The summed E-state index contributed by atoms with van der Waals surface area (Å²) in [5, 5.41) is 8.97. The van der Waals surface area contributed by atoms with Crippen molar-refractivity contribution >= 4 is 11.0 Å². The van der Waals surface area contributed by atoms with Crippen LogP contribution in [0.4, 0.5) is 0 Å². The number of aromatic nitrogens is 3. The highest BCUT2D eigenvalue weighted by atomic mass is 16.6. The Morgan fingerprint density at radius 1 is 1.03 bits per heavy atom. The molecule has 5 heteroatoms. The SMILES string of the molecule is COc1cccc([C@@H](n2nnc3ccccc32)[C@]2(c3cc(C)ccc3C)CO2)c1. The fraction of sp³-hybridized carbons (Fsp3) is 0.250. The summed E-state index contributed by atoms with van der Waals surface area (Å²) in [5.41, 5.74) is 6.08.